The predicted octanol–water partition coefficient (Wildman–Crippen LogP) is 4.86. The van der Waals surface area contributed by atoms with Crippen LogP contribution in [0.5, 0.6) is 5.75 Å². The van der Waals surface area contributed by atoms with E-state index in [0.717, 1.165) is 5.56 Å². The number of halogens is 1. The Morgan fingerprint density at radius 2 is 1.70 bits per heavy atom. The topological polar surface area (TPSA) is 26.3 Å². The minimum Gasteiger partial charge on any atom is -0.423 e. The predicted molar refractivity (Wildman–Crippen MR) is 81.6 cm³/mol. The molecule has 20 heavy (non-hydrogen) atoms. The summed E-state index contributed by atoms with van der Waals surface area (Å²) in [6.07, 6.45) is 0. The molecule has 0 aliphatic rings. The lowest BCUT2D eigenvalue weighted by atomic mass is 9.87. The van der Waals surface area contributed by atoms with E-state index in [1.807, 2.05) is 18.2 Å². The molecule has 0 spiro atoms. The van der Waals surface area contributed by atoms with Crippen molar-refractivity contribution in [1.29, 1.82) is 0 Å². The number of esters is 1. The second kappa shape index (κ2) is 5.68. The van der Waals surface area contributed by atoms with Crippen molar-refractivity contribution in [2.45, 2.75) is 26.2 Å². The molecule has 0 radical (unpaired) electrons. The quantitative estimate of drug-likeness (QED) is 0.583. The zero-order valence-electron chi connectivity index (χ0n) is 11.8. The van der Waals surface area contributed by atoms with Gasteiger partial charge in [0.1, 0.15) is 5.75 Å². The van der Waals surface area contributed by atoms with Gasteiger partial charge in [0, 0.05) is 5.02 Å². The largest absolute Gasteiger partial charge is 0.423 e. The van der Waals surface area contributed by atoms with E-state index in [-0.39, 0.29) is 11.4 Å². The van der Waals surface area contributed by atoms with Crippen LogP contribution in [0, 0.1) is 0 Å². The summed E-state index contributed by atoms with van der Waals surface area (Å²) in [6, 6.07) is 14.2. The second-order valence-electron chi connectivity index (χ2n) is 5.67. The molecule has 0 aromatic heterocycles. The lowest BCUT2D eigenvalue weighted by Gasteiger charge is -2.19. The van der Waals surface area contributed by atoms with E-state index >= 15 is 0 Å². The van der Waals surface area contributed by atoms with E-state index in [9.17, 15) is 4.79 Å². The molecule has 0 aliphatic carbocycles. The molecule has 0 aliphatic heterocycles. The lowest BCUT2D eigenvalue weighted by Crippen LogP contribution is -2.12. The van der Waals surface area contributed by atoms with Gasteiger partial charge < -0.3 is 4.74 Å². The summed E-state index contributed by atoms with van der Waals surface area (Å²) >= 11 is 5.80. The van der Waals surface area contributed by atoms with Crippen LogP contribution in [-0.2, 0) is 5.41 Å². The average molecular weight is 289 g/mol. The molecular formula is C17H17ClO2. The van der Waals surface area contributed by atoms with Crippen LogP contribution in [0.3, 0.4) is 0 Å². The van der Waals surface area contributed by atoms with Gasteiger partial charge in [-0.2, -0.15) is 0 Å². The van der Waals surface area contributed by atoms with E-state index in [1.54, 1.807) is 30.3 Å². The van der Waals surface area contributed by atoms with Crippen LogP contribution in [0.25, 0.3) is 0 Å². The van der Waals surface area contributed by atoms with E-state index in [4.69, 9.17) is 16.3 Å². The molecule has 0 fully saturated rings. The normalized spacial score (nSPS) is 11.2. The minimum absolute atomic E-state index is 0.0166. The molecule has 0 atom stereocenters. The van der Waals surface area contributed by atoms with Gasteiger partial charge in [0.15, 0.2) is 0 Å². The van der Waals surface area contributed by atoms with E-state index < -0.39 is 0 Å². The summed E-state index contributed by atoms with van der Waals surface area (Å²) < 4.78 is 5.39. The smallest absolute Gasteiger partial charge is 0.343 e. The van der Waals surface area contributed by atoms with Gasteiger partial charge in [-0.25, -0.2) is 4.79 Å². The van der Waals surface area contributed by atoms with E-state index in [2.05, 4.69) is 20.8 Å². The minimum atomic E-state index is -0.382. The van der Waals surface area contributed by atoms with Crippen molar-refractivity contribution in [1.82, 2.24) is 0 Å². The van der Waals surface area contributed by atoms with Gasteiger partial charge in [-0.05, 0) is 47.4 Å². The summed E-state index contributed by atoms with van der Waals surface area (Å²) in [5.74, 6) is 0.171. The summed E-state index contributed by atoms with van der Waals surface area (Å²) in [6.45, 7) is 6.35. The summed E-state index contributed by atoms with van der Waals surface area (Å²) in [5, 5.41) is 0.594. The summed E-state index contributed by atoms with van der Waals surface area (Å²) in [4.78, 5) is 12.0. The van der Waals surface area contributed by atoms with Crippen molar-refractivity contribution in [2.75, 3.05) is 0 Å². The monoisotopic (exact) mass is 288 g/mol. The number of hydrogen-bond acceptors (Lipinski definition) is 2. The third-order valence-electron chi connectivity index (χ3n) is 2.99. The first-order chi connectivity index (χ1) is 9.36. The highest BCUT2D eigenvalue weighted by Crippen LogP contribution is 2.26. The van der Waals surface area contributed by atoms with Gasteiger partial charge in [-0.15, -0.1) is 0 Å². The molecular weight excluding hydrogens is 272 g/mol. The Bertz CT molecular complexity index is 610. The standard InChI is InChI=1S/C17H17ClO2/c1-17(2,3)13-5-4-6-15(11-13)20-16(19)12-7-9-14(18)10-8-12/h4-11H,1-3H3. The van der Waals surface area contributed by atoms with Crippen molar-refractivity contribution < 1.29 is 9.53 Å². The number of benzene rings is 2. The molecule has 0 amide bonds. The number of carbonyl (C=O) groups is 1. The third kappa shape index (κ3) is 3.61. The van der Waals surface area contributed by atoms with Crippen molar-refractivity contribution in [3.63, 3.8) is 0 Å². The molecule has 0 heterocycles. The van der Waals surface area contributed by atoms with Crippen LogP contribution in [-0.4, -0.2) is 5.97 Å². The fraction of sp³-hybridized carbons (Fsp3) is 0.235. The molecule has 0 saturated carbocycles. The Balaban J connectivity index is 2.18. The number of ether oxygens (including phenoxy) is 1. The Morgan fingerprint density at radius 3 is 2.30 bits per heavy atom. The highest BCUT2D eigenvalue weighted by Gasteiger charge is 2.15. The van der Waals surface area contributed by atoms with Crippen molar-refractivity contribution in [3.05, 3.63) is 64.7 Å². The zero-order valence-corrected chi connectivity index (χ0v) is 12.6. The molecule has 2 aromatic rings. The van der Waals surface area contributed by atoms with E-state index in [1.165, 1.54) is 0 Å². The van der Waals surface area contributed by atoms with Gasteiger partial charge >= 0.3 is 5.97 Å². The number of rotatable bonds is 2. The molecule has 104 valence electrons. The Hall–Kier alpha value is -1.80. The van der Waals surface area contributed by atoms with Gasteiger partial charge in [-0.3, -0.25) is 0 Å². The highest BCUT2D eigenvalue weighted by molar-refractivity contribution is 6.30. The Kier molecular flexibility index (Phi) is 4.15. The first kappa shape index (κ1) is 14.6. The van der Waals surface area contributed by atoms with Crippen molar-refractivity contribution >= 4 is 17.6 Å². The first-order valence-corrected chi connectivity index (χ1v) is 6.82. The van der Waals surface area contributed by atoms with Crippen LogP contribution in [0.4, 0.5) is 0 Å². The second-order valence-corrected chi connectivity index (χ2v) is 6.11. The Morgan fingerprint density at radius 1 is 1.05 bits per heavy atom. The first-order valence-electron chi connectivity index (χ1n) is 6.44. The highest BCUT2D eigenvalue weighted by atomic mass is 35.5. The SMILES string of the molecule is CC(C)(C)c1cccc(OC(=O)c2ccc(Cl)cc2)c1. The van der Waals surface area contributed by atoms with Gasteiger partial charge in [0.25, 0.3) is 0 Å². The van der Waals surface area contributed by atoms with Gasteiger partial charge in [0.05, 0.1) is 5.56 Å². The molecule has 0 bridgehead atoms. The van der Waals surface area contributed by atoms with Crippen molar-refractivity contribution in [3.8, 4) is 5.75 Å². The summed E-state index contributed by atoms with van der Waals surface area (Å²) in [7, 11) is 0. The molecule has 3 heteroatoms. The van der Waals surface area contributed by atoms with Crippen LogP contribution in [0.15, 0.2) is 48.5 Å². The maximum atomic E-state index is 12.0. The average Bonchev–Trinajstić information content (AvgIpc) is 2.38. The molecule has 2 rings (SSSR count). The van der Waals surface area contributed by atoms with Gasteiger partial charge in [0.2, 0.25) is 0 Å². The fourth-order valence-electron chi connectivity index (χ4n) is 1.78. The van der Waals surface area contributed by atoms with Crippen LogP contribution >= 0.6 is 11.6 Å². The van der Waals surface area contributed by atoms with E-state index in [0.29, 0.717) is 16.3 Å². The maximum absolute atomic E-state index is 12.0. The molecule has 0 N–H and O–H groups in total. The van der Waals surface area contributed by atoms with Crippen molar-refractivity contribution in [2.24, 2.45) is 0 Å². The molecule has 0 saturated heterocycles. The maximum Gasteiger partial charge on any atom is 0.343 e. The Labute approximate surface area is 124 Å². The molecule has 0 unspecified atom stereocenters. The van der Waals surface area contributed by atoms with Crippen LogP contribution < -0.4 is 4.74 Å². The zero-order chi connectivity index (χ0) is 14.8. The van der Waals surface area contributed by atoms with Crippen LogP contribution in [0.1, 0.15) is 36.7 Å². The third-order valence-corrected chi connectivity index (χ3v) is 3.24. The van der Waals surface area contributed by atoms with Crippen LogP contribution in [0.2, 0.25) is 5.02 Å². The molecule has 2 nitrogen and oxygen atoms in total. The van der Waals surface area contributed by atoms with Gasteiger partial charge in [-0.1, -0.05) is 44.5 Å². The summed E-state index contributed by atoms with van der Waals surface area (Å²) in [5.41, 5.74) is 1.62. The fourth-order valence-corrected chi connectivity index (χ4v) is 1.90. The number of hydrogen-bond donors (Lipinski definition) is 0. The lowest BCUT2D eigenvalue weighted by molar-refractivity contribution is 0.0734. The number of carbonyl (C=O) groups excluding carboxylic acids is 1. The molecule has 2 aromatic carbocycles.